The largest absolute Gasteiger partial charge is 0.369 e. The number of carbonyl (C=O) groups excluding carboxylic acids is 1. The number of rotatable bonds is 6. The number of likely N-dealkylation sites (tertiary alicyclic amines) is 1. The van der Waals surface area contributed by atoms with Gasteiger partial charge in [0, 0.05) is 43.8 Å². The highest BCUT2D eigenvalue weighted by Gasteiger charge is 2.17. The molecule has 154 valence electrons. The van der Waals surface area contributed by atoms with E-state index in [0.29, 0.717) is 0 Å². The van der Waals surface area contributed by atoms with Crippen molar-refractivity contribution in [2.24, 2.45) is 4.99 Å². The molecule has 2 aromatic carbocycles. The minimum Gasteiger partial charge on any atom is -0.369 e. The zero-order valence-electron chi connectivity index (χ0n) is 17.3. The summed E-state index contributed by atoms with van der Waals surface area (Å²) in [5, 5.41) is 4.41. The number of amides is 1. The first kappa shape index (κ1) is 20.0. The number of anilines is 1. The normalized spacial score (nSPS) is 14.4. The summed E-state index contributed by atoms with van der Waals surface area (Å²) in [5.41, 5.74) is 3.90. The fraction of sp³-hybridized carbons (Fsp3) is 0.333. The van der Waals surface area contributed by atoms with Gasteiger partial charge in [-0.15, -0.1) is 0 Å². The van der Waals surface area contributed by atoms with E-state index in [4.69, 9.17) is 0 Å². The van der Waals surface area contributed by atoms with Crippen molar-refractivity contribution < 1.29 is 4.79 Å². The number of nitrogens with zero attached hydrogens (tertiary/aromatic N) is 4. The van der Waals surface area contributed by atoms with E-state index in [9.17, 15) is 4.79 Å². The second-order valence-corrected chi connectivity index (χ2v) is 7.61. The molecule has 1 aliphatic rings. The lowest BCUT2D eigenvalue weighted by atomic mass is 10.1. The van der Waals surface area contributed by atoms with Gasteiger partial charge in [0.15, 0.2) is 0 Å². The van der Waals surface area contributed by atoms with E-state index in [1.165, 1.54) is 12.0 Å². The second kappa shape index (κ2) is 9.48. The van der Waals surface area contributed by atoms with Crippen LogP contribution in [0.2, 0.25) is 0 Å². The van der Waals surface area contributed by atoms with Crippen molar-refractivity contribution in [1.29, 1.82) is 0 Å². The summed E-state index contributed by atoms with van der Waals surface area (Å²) in [6, 6.07) is 14.0. The number of nitrogens with one attached hydrogen (secondary N) is 1. The van der Waals surface area contributed by atoms with Crippen molar-refractivity contribution in [3.05, 3.63) is 65.5 Å². The van der Waals surface area contributed by atoms with Crippen LogP contribution in [0.4, 0.5) is 5.82 Å². The molecule has 1 saturated heterocycles. The zero-order valence-corrected chi connectivity index (χ0v) is 17.3. The SMILES string of the molecule is CN=Cc1ccc2ncnc(NCCc3ccc(C(=O)N4CCCCC4)cc3)c2c1. The molecule has 0 spiro atoms. The third-order valence-electron chi connectivity index (χ3n) is 5.49. The van der Waals surface area contributed by atoms with Crippen molar-refractivity contribution in [3.63, 3.8) is 0 Å². The van der Waals surface area contributed by atoms with E-state index >= 15 is 0 Å². The fourth-order valence-electron chi connectivity index (χ4n) is 3.86. The molecule has 1 amide bonds. The minimum atomic E-state index is 0.151. The van der Waals surface area contributed by atoms with Crippen molar-refractivity contribution >= 4 is 28.8 Å². The topological polar surface area (TPSA) is 70.5 Å². The van der Waals surface area contributed by atoms with E-state index in [-0.39, 0.29) is 5.91 Å². The average Bonchev–Trinajstić information content (AvgIpc) is 2.80. The standard InChI is InChI=1S/C24H27N5O/c1-25-16-19-7-10-22-21(15-19)23(28-17-27-22)26-12-11-18-5-8-20(9-6-18)24(30)29-13-3-2-4-14-29/h5-10,15-17H,2-4,11-14H2,1H3,(H,26,27,28). The Bertz CT molecular complexity index is 1040. The number of benzene rings is 2. The highest BCUT2D eigenvalue weighted by Crippen LogP contribution is 2.20. The molecule has 0 saturated carbocycles. The summed E-state index contributed by atoms with van der Waals surface area (Å²) in [4.78, 5) is 27.4. The summed E-state index contributed by atoms with van der Waals surface area (Å²) in [6.07, 6.45) is 7.70. The minimum absolute atomic E-state index is 0.151. The number of aromatic nitrogens is 2. The Morgan fingerprint density at radius 2 is 1.90 bits per heavy atom. The monoisotopic (exact) mass is 401 g/mol. The van der Waals surface area contributed by atoms with Crippen LogP contribution in [0, 0.1) is 0 Å². The first-order valence-corrected chi connectivity index (χ1v) is 10.5. The van der Waals surface area contributed by atoms with Gasteiger partial charge in [0.1, 0.15) is 12.1 Å². The molecule has 6 heteroatoms. The average molecular weight is 402 g/mol. The first-order valence-electron chi connectivity index (χ1n) is 10.5. The molecular weight excluding hydrogens is 374 g/mol. The maximum Gasteiger partial charge on any atom is 0.253 e. The number of aliphatic imine (C=N–C) groups is 1. The summed E-state index contributed by atoms with van der Waals surface area (Å²) in [6.45, 7) is 2.50. The van der Waals surface area contributed by atoms with Crippen LogP contribution < -0.4 is 5.32 Å². The number of hydrogen-bond donors (Lipinski definition) is 1. The van der Waals surface area contributed by atoms with Gasteiger partial charge in [0.05, 0.1) is 5.52 Å². The molecule has 30 heavy (non-hydrogen) atoms. The highest BCUT2D eigenvalue weighted by atomic mass is 16.2. The Morgan fingerprint density at radius 3 is 2.67 bits per heavy atom. The van der Waals surface area contributed by atoms with Gasteiger partial charge in [0.25, 0.3) is 5.91 Å². The van der Waals surface area contributed by atoms with Crippen LogP contribution in [0.15, 0.2) is 53.8 Å². The molecule has 3 aromatic rings. The van der Waals surface area contributed by atoms with E-state index < -0.39 is 0 Å². The molecule has 0 aliphatic carbocycles. The van der Waals surface area contributed by atoms with E-state index in [1.807, 2.05) is 53.6 Å². The fourth-order valence-corrected chi connectivity index (χ4v) is 3.86. The quantitative estimate of drug-likeness (QED) is 0.635. The Hall–Kier alpha value is -3.28. The maximum atomic E-state index is 12.6. The molecule has 2 heterocycles. The third kappa shape index (κ3) is 4.64. The molecule has 4 rings (SSSR count). The van der Waals surface area contributed by atoms with Gasteiger partial charge in [-0.05, 0) is 61.1 Å². The molecule has 1 N–H and O–H groups in total. The van der Waals surface area contributed by atoms with Gasteiger partial charge in [-0.25, -0.2) is 9.97 Å². The number of fused-ring (bicyclic) bond motifs is 1. The van der Waals surface area contributed by atoms with Gasteiger partial charge in [-0.3, -0.25) is 9.79 Å². The summed E-state index contributed by atoms with van der Waals surface area (Å²) in [5.74, 6) is 0.974. The third-order valence-corrected chi connectivity index (χ3v) is 5.49. The van der Waals surface area contributed by atoms with Crippen LogP contribution >= 0.6 is 0 Å². The van der Waals surface area contributed by atoms with Crippen LogP contribution in [0.5, 0.6) is 0 Å². The molecule has 1 aliphatic heterocycles. The summed E-state index contributed by atoms with van der Waals surface area (Å²) in [7, 11) is 1.76. The zero-order chi connectivity index (χ0) is 20.8. The maximum absolute atomic E-state index is 12.6. The van der Waals surface area contributed by atoms with Crippen molar-refractivity contribution in [3.8, 4) is 0 Å². The predicted molar refractivity (Wildman–Crippen MR) is 121 cm³/mol. The van der Waals surface area contributed by atoms with E-state index in [2.05, 4.69) is 20.3 Å². The lowest BCUT2D eigenvalue weighted by Crippen LogP contribution is -2.35. The lowest BCUT2D eigenvalue weighted by molar-refractivity contribution is 0.0724. The van der Waals surface area contributed by atoms with Crippen LogP contribution in [0.1, 0.15) is 40.7 Å². The summed E-state index contributed by atoms with van der Waals surface area (Å²) >= 11 is 0. The van der Waals surface area contributed by atoms with Crippen molar-refractivity contribution in [2.45, 2.75) is 25.7 Å². The Kier molecular flexibility index (Phi) is 6.32. The molecule has 1 fully saturated rings. The van der Waals surface area contributed by atoms with Crippen molar-refractivity contribution in [2.75, 3.05) is 32.0 Å². The number of hydrogen-bond acceptors (Lipinski definition) is 5. The Morgan fingerprint density at radius 1 is 1.10 bits per heavy atom. The van der Waals surface area contributed by atoms with Crippen LogP contribution in [0.3, 0.4) is 0 Å². The van der Waals surface area contributed by atoms with Gasteiger partial charge in [-0.1, -0.05) is 18.2 Å². The molecule has 0 bridgehead atoms. The molecule has 0 unspecified atom stereocenters. The van der Waals surface area contributed by atoms with E-state index in [0.717, 1.165) is 66.7 Å². The first-order chi connectivity index (χ1) is 14.7. The Balaban J connectivity index is 1.38. The van der Waals surface area contributed by atoms with Crippen LogP contribution in [0.25, 0.3) is 10.9 Å². The molecular formula is C24H27N5O. The van der Waals surface area contributed by atoms with E-state index in [1.54, 1.807) is 13.4 Å². The summed E-state index contributed by atoms with van der Waals surface area (Å²) < 4.78 is 0. The molecule has 0 radical (unpaired) electrons. The van der Waals surface area contributed by atoms with Gasteiger partial charge < -0.3 is 10.2 Å². The second-order valence-electron chi connectivity index (χ2n) is 7.61. The molecule has 1 aromatic heterocycles. The van der Waals surface area contributed by atoms with Crippen LogP contribution in [-0.2, 0) is 6.42 Å². The van der Waals surface area contributed by atoms with Gasteiger partial charge >= 0.3 is 0 Å². The van der Waals surface area contributed by atoms with Gasteiger partial charge in [0.2, 0.25) is 0 Å². The molecule has 0 atom stereocenters. The Labute approximate surface area is 177 Å². The smallest absolute Gasteiger partial charge is 0.253 e. The number of carbonyl (C=O) groups is 1. The highest BCUT2D eigenvalue weighted by molar-refractivity contribution is 5.95. The van der Waals surface area contributed by atoms with Gasteiger partial charge in [-0.2, -0.15) is 0 Å². The lowest BCUT2D eigenvalue weighted by Gasteiger charge is -2.26. The van der Waals surface area contributed by atoms with Crippen molar-refractivity contribution in [1.82, 2.24) is 14.9 Å². The predicted octanol–water partition coefficient (Wildman–Crippen LogP) is 3.96. The van der Waals surface area contributed by atoms with Crippen LogP contribution in [-0.4, -0.2) is 53.7 Å². The number of piperidine rings is 1. The molecule has 6 nitrogen and oxygen atoms in total.